The molecule has 4 rings (SSSR count). The zero-order valence-electron chi connectivity index (χ0n) is 18.7. The summed E-state index contributed by atoms with van der Waals surface area (Å²) in [6.07, 6.45) is 0. The minimum atomic E-state index is -0.440. The van der Waals surface area contributed by atoms with Gasteiger partial charge in [-0.15, -0.1) is 0 Å². The van der Waals surface area contributed by atoms with Crippen LogP contribution in [-0.2, 0) is 0 Å². The van der Waals surface area contributed by atoms with E-state index in [2.05, 4.69) is 21.3 Å². The van der Waals surface area contributed by atoms with Gasteiger partial charge in [-0.05, 0) is 41.8 Å². The number of ether oxygens (including phenoxy) is 2. The van der Waals surface area contributed by atoms with Gasteiger partial charge < -0.3 is 30.7 Å². The van der Waals surface area contributed by atoms with Gasteiger partial charge in [0.05, 0.1) is 37.0 Å². The molecule has 8 nitrogen and oxygen atoms in total. The number of amides is 4. The smallest absolute Gasteiger partial charge is 0.323 e. The number of anilines is 4. The third kappa shape index (κ3) is 5.02. The largest absolute Gasteiger partial charge is 0.495 e. The Bertz CT molecular complexity index is 1240. The lowest BCUT2D eigenvalue weighted by Crippen LogP contribution is -2.21. The van der Waals surface area contributed by atoms with E-state index in [1.54, 1.807) is 48.5 Å². The van der Waals surface area contributed by atoms with Crippen LogP contribution in [0.2, 0.25) is 0 Å². The quantitative estimate of drug-likeness (QED) is 0.280. The van der Waals surface area contributed by atoms with Crippen LogP contribution in [0.25, 0.3) is 10.8 Å². The lowest BCUT2D eigenvalue weighted by molar-refractivity contribution is 0.261. The molecule has 0 aliphatic rings. The second-order valence-electron chi connectivity index (χ2n) is 7.27. The molecule has 0 aromatic heterocycles. The Labute approximate surface area is 196 Å². The SMILES string of the molecule is COc1ccccc1NC(=O)Nc1cccc2cccc(NC(=O)Nc3ccccc3OC)c12. The molecule has 0 saturated carbocycles. The summed E-state index contributed by atoms with van der Waals surface area (Å²) in [6.45, 7) is 0. The van der Waals surface area contributed by atoms with Crippen molar-refractivity contribution in [1.82, 2.24) is 0 Å². The first kappa shape index (κ1) is 22.5. The normalized spacial score (nSPS) is 10.3. The lowest BCUT2D eigenvalue weighted by Gasteiger charge is -2.16. The molecule has 0 unspecified atom stereocenters. The Morgan fingerprint density at radius 2 is 0.912 bits per heavy atom. The van der Waals surface area contributed by atoms with Crippen molar-refractivity contribution in [2.24, 2.45) is 0 Å². The van der Waals surface area contributed by atoms with Gasteiger partial charge in [0.2, 0.25) is 0 Å². The predicted octanol–water partition coefficient (Wildman–Crippen LogP) is 6.15. The van der Waals surface area contributed by atoms with Gasteiger partial charge in [-0.3, -0.25) is 0 Å². The highest BCUT2D eigenvalue weighted by atomic mass is 16.5. The van der Waals surface area contributed by atoms with Crippen molar-refractivity contribution >= 4 is 45.6 Å². The van der Waals surface area contributed by atoms with Crippen LogP contribution < -0.4 is 30.7 Å². The monoisotopic (exact) mass is 456 g/mol. The summed E-state index contributed by atoms with van der Waals surface area (Å²) in [5.74, 6) is 1.09. The molecule has 0 aliphatic heterocycles. The molecule has 0 saturated heterocycles. The standard InChI is InChI=1S/C26H24N4O4/c1-33-22-15-5-3-11-18(22)27-25(31)29-20-13-7-9-17-10-8-14-21(24(17)20)30-26(32)28-19-12-4-6-16-23(19)34-2/h3-16H,1-2H3,(H2,27,29,31)(H2,28,30,32). The molecule has 8 heteroatoms. The third-order valence-corrected chi connectivity index (χ3v) is 5.11. The summed E-state index contributed by atoms with van der Waals surface area (Å²) in [7, 11) is 3.08. The Morgan fingerprint density at radius 1 is 0.529 bits per heavy atom. The summed E-state index contributed by atoms with van der Waals surface area (Å²) in [5.41, 5.74) is 2.16. The van der Waals surface area contributed by atoms with Crippen LogP contribution in [0, 0.1) is 0 Å². The van der Waals surface area contributed by atoms with Gasteiger partial charge in [0.1, 0.15) is 11.5 Å². The summed E-state index contributed by atoms with van der Waals surface area (Å²) in [5, 5.41) is 12.9. The van der Waals surface area contributed by atoms with E-state index in [0.29, 0.717) is 39.6 Å². The molecule has 0 fully saturated rings. The second-order valence-corrected chi connectivity index (χ2v) is 7.27. The molecule has 4 N–H and O–H groups in total. The molecule has 4 aromatic carbocycles. The van der Waals surface area contributed by atoms with Gasteiger partial charge in [-0.25, -0.2) is 9.59 Å². The van der Waals surface area contributed by atoms with Gasteiger partial charge in [-0.2, -0.15) is 0 Å². The highest BCUT2D eigenvalue weighted by molar-refractivity contribution is 6.14. The molecule has 4 amide bonds. The molecule has 0 aliphatic carbocycles. The number of urea groups is 2. The fraction of sp³-hybridized carbons (Fsp3) is 0.0769. The maximum Gasteiger partial charge on any atom is 0.323 e. The number of carbonyl (C=O) groups is 2. The number of para-hydroxylation sites is 4. The van der Waals surface area contributed by atoms with Crippen molar-refractivity contribution < 1.29 is 19.1 Å². The van der Waals surface area contributed by atoms with Crippen molar-refractivity contribution in [3.8, 4) is 11.5 Å². The maximum absolute atomic E-state index is 12.7. The van der Waals surface area contributed by atoms with Gasteiger partial charge >= 0.3 is 12.1 Å². The molecular weight excluding hydrogens is 432 g/mol. The van der Waals surface area contributed by atoms with Crippen molar-refractivity contribution in [3.63, 3.8) is 0 Å². The zero-order valence-corrected chi connectivity index (χ0v) is 18.7. The van der Waals surface area contributed by atoms with Crippen LogP contribution in [0.1, 0.15) is 0 Å². The van der Waals surface area contributed by atoms with Crippen molar-refractivity contribution in [3.05, 3.63) is 84.9 Å². The van der Waals surface area contributed by atoms with Crippen molar-refractivity contribution in [1.29, 1.82) is 0 Å². The Morgan fingerprint density at radius 3 is 1.35 bits per heavy atom. The molecule has 0 heterocycles. The van der Waals surface area contributed by atoms with E-state index in [0.717, 1.165) is 5.39 Å². The second kappa shape index (κ2) is 10.3. The lowest BCUT2D eigenvalue weighted by atomic mass is 10.1. The molecule has 0 spiro atoms. The topological polar surface area (TPSA) is 101 Å². The first-order valence-electron chi connectivity index (χ1n) is 10.5. The summed E-state index contributed by atoms with van der Waals surface area (Å²) in [4.78, 5) is 25.5. The highest BCUT2D eigenvalue weighted by Gasteiger charge is 2.14. The van der Waals surface area contributed by atoms with E-state index in [1.165, 1.54) is 14.2 Å². The number of methoxy groups -OCH3 is 2. The Kier molecular flexibility index (Phi) is 6.78. The Balaban J connectivity index is 1.57. The molecular formula is C26H24N4O4. The van der Waals surface area contributed by atoms with Crippen LogP contribution in [0.5, 0.6) is 11.5 Å². The minimum Gasteiger partial charge on any atom is -0.495 e. The zero-order chi connectivity index (χ0) is 23.9. The number of fused-ring (bicyclic) bond motifs is 1. The Hall–Kier alpha value is -4.72. The summed E-state index contributed by atoms with van der Waals surface area (Å²) < 4.78 is 10.6. The third-order valence-electron chi connectivity index (χ3n) is 5.11. The van der Waals surface area contributed by atoms with Gasteiger partial charge in [0.15, 0.2) is 0 Å². The molecule has 0 bridgehead atoms. The number of carbonyl (C=O) groups excluding carboxylic acids is 2. The van der Waals surface area contributed by atoms with Gasteiger partial charge in [0, 0.05) is 5.39 Å². The van der Waals surface area contributed by atoms with Crippen LogP contribution >= 0.6 is 0 Å². The fourth-order valence-electron chi connectivity index (χ4n) is 3.60. The van der Waals surface area contributed by atoms with Crippen molar-refractivity contribution in [2.45, 2.75) is 0 Å². The average Bonchev–Trinajstić information content (AvgIpc) is 2.85. The predicted molar refractivity (Wildman–Crippen MR) is 135 cm³/mol. The number of hydrogen-bond acceptors (Lipinski definition) is 4. The number of nitrogens with one attached hydrogen (secondary N) is 4. The number of benzene rings is 4. The molecule has 0 radical (unpaired) electrons. The van der Waals surface area contributed by atoms with Crippen molar-refractivity contribution in [2.75, 3.05) is 35.5 Å². The fourth-order valence-corrected chi connectivity index (χ4v) is 3.60. The first-order valence-corrected chi connectivity index (χ1v) is 10.5. The van der Waals surface area contributed by atoms with E-state index in [-0.39, 0.29) is 0 Å². The molecule has 4 aromatic rings. The van der Waals surface area contributed by atoms with Gasteiger partial charge in [-0.1, -0.05) is 48.5 Å². The molecule has 0 atom stereocenters. The minimum absolute atomic E-state index is 0.440. The van der Waals surface area contributed by atoms with Crippen LogP contribution in [0.15, 0.2) is 84.9 Å². The van der Waals surface area contributed by atoms with E-state index < -0.39 is 12.1 Å². The van der Waals surface area contributed by atoms with Crippen LogP contribution in [0.3, 0.4) is 0 Å². The summed E-state index contributed by atoms with van der Waals surface area (Å²) >= 11 is 0. The number of hydrogen-bond donors (Lipinski definition) is 4. The van der Waals surface area contributed by atoms with E-state index >= 15 is 0 Å². The van der Waals surface area contributed by atoms with Crippen LogP contribution in [-0.4, -0.2) is 26.3 Å². The highest BCUT2D eigenvalue weighted by Crippen LogP contribution is 2.32. The number of rotatable bonds is 6. The molecule has 34 heavy (non-hydrogen) atoms. The average molecular weight is 457 g/mol. The summed E-state index contributed by atoms with van der Waals surface area (Å²) in [6, 6.07) is 24.4. The van der Waals surface area contributed by atoms with E-state index in [4.69, 9.17) is 9.47 Å². The van der Waals surface area contributed by atoms with E-state index in [9.17, 15) is 9.59 Å². The maximum atomic E-state index is 12.7. The van der Waals surface area contributed by atoms with Gasteiger partial charge in [0.25, 0.3) is 0 Å². The first-order chi connectivity index (χ1) is 16.6. The van der Waals surface area contributed by atoms with E-state index in [1.807, 2.05) is 36.4 Å². The molecule has 172 valence electrons. The van der Waals surface area contributed by atoms with Crippen LogP contribution in [0.4, 0.5) is 32.3 Å².